The van der Waals surface area contributed by atoms with Crippen LogP contribution in [0, 0.1) is 6.92 Å². The summed E-state index contributed by atoms with van der Waals surface area (Å²) in [6.07, 6.45) is 3.26. The van der Waals surface area contributed by atoms with Crippen LogP contribution in [0.3, 0.4) is 0 Å². The van der Waals surface area contributed by atoms with Crippen LogP contribution in [0.5, 0.6) is 5.75 Å². The predicted molar refractivity (Wildman–Crippen MR) is 101 cm³/mol. The number of carbonyl (C=O) groups excluding carboxylic acids is 1. The highest BCUT2D eigenvalue weighted by Gasteiger charge is 2.18. The molecule has 0 bridgehead atoms. The van der Waals surface area contributed by atoms with Gasteiger partial charge in [-0.3, -0.25) is 9.48 Å². The number of hydrogen-bond acceptors (Lipinski definition) is 4. The van der Waals surface area contributed by atoms with E-state index in [1.807, 2.05) is 31.2 Å². The summed E-state index contributed by atoms with van der Waals surface area (Å²) in [5.41, 5.74) is 1.78. The predicted octanol–water partition coefficient (Wildman–Crippen LogP) is 3.74. The lowest BCUT2D eigenvalue weighted by Crippen LogP contribution is -2.13. The molecule has 0 spiro atoms. The van der Waals surface area contributed by atoms with E-state index < -0.39 is 0 Å². The minimum Gasteiger partial charge on any atom is -0.471 e. The fourth-order valence-electron chi connectivity index (χ4n) is 2.09. The van der Waals surface area contributed by atoms with Gasteiger partial charge in [0.05, 0.1) is 28.2 Å². The molecule has 0 radical (unpaired) electrons. The van der Waals surface area contributed by atoms with Gasteiger partial charge in [-0.2, -0.15) is 10.2 Å². The van der Waals surface area contributed by atoms with Crippen molar-refractivity contribution >= 4 is 43.5 Å². The Morgan fingerprint density at radius 2 is 2.00 bits per heavy atom. The van der Waals surface area contributed by atoms with Crippen molar-refractivity contribution < 1.29 is 9.53 Å². The number of halogens is 2. The minimum atomic E-state index is -0.302. The number of hydrogen-bond donors (Lipinski definition) is 1. The molecular formula is C16H15Br2N5O2. The molecule has 1 amide bonds. The summed E-state index contributed by atoms with van der Waals surface area (Å²) >= 11 is 6.76. The average Bonchev–Trinajstić information content (AvgIpc) is 3.14. The lowest BCUT2D eigenvalue weighted by Gasteiger charge is -2.05. The van der Waals surface area contributed by atoms with Crippen molar-refractivity contribution in [2.24, 2.45) is 7.05 Å². The summed E-state index contributed by atoms with van der Waals surface area (Å²) in [6.45, 7) is 2.12. The van der Waals surface area contributed by atoms with Gasteiger partial charge in [0.2, 0.25) is 0 Å². The van der Waals surface area contributed by atoms with Crippen molar-refractivity contribution in [1.82, 2.24) is 19.6 Å². The van der Waals surface area contributed by atoms with Gasteiger partial charge in [0.15, 0.2) is 12.4 Å². The molecule has 0 aliphatic carbocycles. The molecular weight excluding hydrogens is 454 g/mol. The monoisotopic (exact) mass is 467 g/mol. The first-order valence-corrected chi connectivity index (χ1v) is 8.94. The van der Waals surface area contributed by atoms with E-state index in [2.05, 4.69) is 47.4 Å². The van der Waals surface area contributed by atoms with Gasteiger partial charge in [0.1, 0.15) is 5.75 Å². The first-order chi connectivity index (χ1) is 11.9. The second-order valence-electron chi connectivity index (χ2n) is 5.32. The Bertz CT molecular complexity index is 902. The molecule has 3 rings (SSSR count). The number of aromatic nitrogens is 4. The van der Waals surface area contributed by atoms with Crippen LogP contribution in [0.2, 0.25) is 0 Å². The SMILES string of the molecule is Cc1c(Br)c(C(=O)Nc2cnn(COc3ccc(Br)cc3)c2)nn1C. The van der Waals surface area contributed by atoms with Crippen molar-refractivity contribution in [2.45, 2.75) is 13.7 Å². The average molecular weight is 469 g/mol. The highest BCUT2D eigenvalue weighted by atomic mass is 79.9. The smallest absolute Gasteiger partial charge is 0.277 e. The minimum absolute atomic E-state index is 0.240. The summed E-state index contributed by atoms with van der Waals surface area (Å²) in [5.74, 6) is 0.432. The highest BCUT2D eigenvalue weighted by molar-refractivity contribution is 9.10. The first-order valence-electron chi connectivity index (χ1n) is 7.35. The van der Waals surface area contributed by atoms with Crippen LogP contribution in [-0.2, 0) is 13.8 Å². The Morgan fingerprint density at radius 3 is 2.64 bits per heavy atom. The van der Waals surface area contributed by atoms with E-state index in [1.54, 1.807) is 28.8 Å². The van der Waals surface area contributed by atoms with Crippen LogP contribution in [0.25, 0.3) is 0 Å². The Kier molecular flexibility index (Phi) is 5.24. The van der Waals surface area contributed by atoms with Crippen LogP contribution >= 0.6 is 31.9 Å². The maximum atomic E-state index is 12.3. The molecule has 0 saturated heterocycles. The molecule has 0 aliphatic heterocycles. The third-order valence-electron chi connectivity index (χ3n) is 3.54. The number of anilines is 1. The quantitative estimate of drug-likeness (QED) is 0.618. The third kappa shape index (κ3) is 4.10. The van der Waals surface area contributed by atoms with E-state index >= 15 is 0 Å². The third-order valence-corrected chi connectivity index (χ3v) is 5.02. The highest BCUT2D eigenvalue weighted by Crippen LogP contribution is 2.21. The lowest BCUT2D eigenvalue weighted by molar-refractivity contribution is 0.102. The first kappa shape index (κ1) is 17.7. The molecule has 0 unspecified atom stereocenters. The number of nitrogens with one attached hydrogen (secondary N) is 1. The summed E-state index contributed by atoms with van der Waals surface area (Å²) < 4.78 is 10.5. The summed E-state index contributed by atoms with van der Waals surface area (Å²) in [5, 5.41) is 11.1. The molecule has 1 N–H and O–H groups in total. The number of ether oxygens (including phenoxy) is 1. The second kappa shape index (κ2) is 7.40. The molecule has 7 nitrogen and oxygen atoms in total. The normalized spacial score (nSPS) is 10.7. The van der Waals surface area contributed by atoms with Crippen LogP contribution in [0.4, 0.5) is 5.69 Å². The van der Waals surface area contributed by atoms with Crippen LogP contribution < -0.4 is 10.1 Å². The number of benzene rings is 1. The zero-order valence-electron chi connectivity index (χ0n) is 13.5. The van der Waals surface area contributed by atoms with E-state index in [0.29, 0.717) is 15.9 Å². The number of aryl methyl sites for hydroxylation is 1. The van der Waals surface area contributed by atoms with E-state index in [4.69, 9.17) is 4.74 Å². The maximum absolute atomic E-state index is 12.3. The van der Waals surface area contributed by atoms with Crippen molar-refractivity contribution in [2.75, 3.05) is 5.32 Å². The number of amides is 1. The Labute approximate surface area is 161 Å². The van der Waals surface area contributed by atoms with Crippen LogP contribution in [-0.4, -0.2) is 25.5 Å². The number of nitrogens with zero attached hydrogens (tertiary/aromatic N) is 4. The number of rotatable bonds is 5. The van der Waals surface area contributed by atoms with Crippen LogP contribution in [0.1, 0.15) is 16.2 Å². The zero-order valence-corrected chi connectivity index (χ0v) is 16.7. The summed E-state index contributed by atoms with van der Waals surface area (Å²) in [7, 11) is 1.79. The molecule has 25 heavy (non-hydrogen) atoms. The second-order valence-corrected chi connectivity index (χ2v) is 7.03. The van der Waals surface area contributed by atoms with Gasteiger partial charge in [-0.25, -0.2) is 4.68 Å². The Morgan fingerprint density at radius 1 is 1.28 bits per heavy atom. The Hall–Kier alpha value is -2.13. The molecule has 2 heterocycles. The van der Waals surface area contributed by atoms with Gasteiger partial charge in [0.25, 0.3) is 5.91 Å². The molecule has 130 valence electrons. The summed E-state index contributed by atoms with van der Waals surface area (Å²) in [4.78, 5) is 12.3. The summed E-state index contributed by atoms with van der Waals surface area (Å²) in [6, 6.07) is 7.52. The Balaban J connectivity index is 1.62. The lowest BCUT2D eigenvalue weighted by atomic mass is 10.3. The van der Waals surface area contributed by atoms with Gasteiger partial charge in [-0.1, -0.05) is 15.9 Å². The topological polar surface area (TPSA) is 74.0 Å². The van der Waals surface area contributed by atoms with Gasteiger partial charge < -0.3 is 10.1 Å². The number of carbonyl (C=O) groups is 1. The van der Waals surface area contributed by atoms with Gasteiger partial charge in [-0.05, 0) is 47.1 Å². The van der Waals surface area contributed by atoms with E-state index in [-0.39, 0.29) is 12.6 Å². The molecule has 1 aromatic carbocycles. The largest absolute Gasteiger partial charge is 0.471 e. The van der Waals surface area contributed by atoms with Gasteiger partial charge in [-0.15, -0.1) is 0 Å². The molecule has 0 atom stereocenters. The van der Waals surface area contributed by atoms with E-state index in [1.165, 1.54) is 0 Å². The fourth-order valence-corrected chi connectivity index (χ4v) is 2.87. The van der Waals surface area contributed by atoms with Crippen molar-refractivity contribution in [3.8, 4) is 5.75 Å². The van der Waals surface area contributed by atoms with Crippen molar-refractivity contribution in [3.63, 3.8) is 0 Å². The molecule has 3 aromatic rings. The molecule has 0 saturated carbocycles. The van der Waals surface area contributed by atoms with Gasteiger partial charge >= 0.3 is 0 Å². The van der Waals surface area contributed by atoms with E-state index in [9.17, 15) is 4.79 Å². The van der Waals surface area contributed by atoms with Gasteiger partial charge in [0, 0.05) is 11.5 Å². The van der Waals surface area contributed by atoms with Crippen molar-refractivity contribution in [1.29, 1.82) is 0 Å². The maximum Gasteiger partial charge on any atom is 0.277 e. The molecule has 0 fully saturated rings. The standard InChI is InChI=1S/C16H15Br2N5O2/c1-10-14(18)15(21-22(10)2)16(24)20-12-7-19-23(8-12)9-25-13-5-3-11(17)4-6-13/h3-8H,9H2,1-2H3,(H,20,24). The molecule has 2 aromatic heterocycles. The van der Waals surface area contributed by atoms with Crippen molar-refractivity contribution in [3.05, 3.63) is 57.0 Å². The fraction of sp³-hybridized carbons (Fsp3) is 0.188. The molecule has 0 aliphatic rings. The molecule has 9 heteroatoms. The van der Waals surface area contributed by atoms with Crippen LogP contribution in [0.15, 0.2) is 45.6 Å². The zero-order chi connectivity index (χ0) is 18.0. The van der Waals surface area contributed by atoms with E-state index in [0.717, 1.165) is 15.9 Å².